The van der Waals surface area contributed by atoms with Gasteiger partial charge in [0, 0.05) is 51.4 Å². The Labute approximate surface area is 179 Å². The molecular formula is C17H25F3IN5O2. The Hall–Kier alpha value is -1.79. The molecule has 2 heterocycles. The van der Waals surface area contributed by atoms with Crippen molar-refractivity contribution in [1.29, 1.82) is 0 Å². The van der Waals surface area contributed by atoms with Gasteiger partial charge in [-0.05, 0) is 13.0 Å². The summed E-state index contributed by atoms with van der Waals surface area (Å²) in [6.07, 6.45) is -3.05. The van der Waals surface area contributed by atoms with Gasteiger partial charge in [0.15, 0.2) is 12.6 Å². The van der Waals surface area contributed by atoms with E-state index in [1.54, 1.807) is 24.0 Å². The van der Waals surface area contributed by atoms with E-state index in [1.807, 2.05) is 11.8 Å². The van der Waals surface area contributed by atoms with Crippen LogP contribution in [0.2, 0.25) is 0 Å². The highest BCUT2D eigenvalue weighted by Gasteiger charge is 2.29. The minimum atomic E-state index is -4.43. The van der Waals surface area contributed by atoms with Crippen molar-refractivity contribution in [3.63, 3.8) is 0 Å². The number of hydrogen-bond donors (Lipinski definition) is 1. The molecule has 28 heavy (non-hydrogen) atoms. The Bertz CT molecular complexity index is 664. The Kier molecular flexibility index (Phi) is 9.76. The first-order valence-corrected chi connectivity index (χ1v) is 8.72. The number of aliphatic imine (C=N–C) groups is 1. The summed E-state index contributed by atoms with van der Waals surface area (Å²) in [7, 11) is 0. The van der Waals surface area contributed by atoms with Crippen LogP contribution in [0, 0.1) is 0 Å². The number of carbonyl (C=O) groups excluding carboxylic acids is 1. The predicted molar refractivity (Wildman–Crippen MR) is 110 cm³/mol. The molecule has 1 aliphatic rings. The van der Waals surface area contributed by atoms with Gasteiger partial charge >= 0.3 is 6.18 Å². The molecule has 1 fully saturated rings. The molecule has 7 nitrogen and oxygen atoms in total. The van der Waals surface area contributed by atoms with Crippen molar-refractivity contribution in [2.24, 2.45) is 4.99 Å². The van der Waals surface area contributed by atoms with E-state index < -0.39 is 12.8 Å². The Balaban J connectivity index is 0.00000392. The van der Waals surface area contributed by atoms with Gasteiger partial charge < -0.3 is 19.9 Å². The number of hydrogen-bond acceptors (Lipinski definition) is 4. The van der Waals surface area contributed by atoms with Crippen LogP contribution in [0.5, 0.6) is 5.88 Å². The van der Waals surface area contributed by atoms with E-state index >= 15 is 0 Å². The highest BCUT2D eigenvalue weighted by atomic mass is 127. The fraction of sp³-hybridized carbons (Fsp3) is 0.588. The fourth-order valence-electron chi connectivity index (χ4n) is 2.64. The third-order valence-corrected chi connectivity index (χ3v) is 3.98. The van der Waals surface area contributed by atoms with Gasteiger partial charge in [0.25, 0.3) is 0 Å². The molecule has 0 spiro atoms. The average molecular weight is 515 g/mol. The number of aromatic nitrogens is 1. The number of nitrogens with zero attached hydrogens (tertiary/aromatic N) is 4. The molecule has 1 aliphatic heterocycles. The first-order chi connectivity index (χ1) is 12.8. The third-order valence-electron chi connectivity index (χ3n) is 3.98. The van der Waals surface area contributed by atoms with Crippen LogP contribution in [0.4, 0.5) is 13.2 Å². The molecule has 0 aromatic carbocycles. The predicted octanol–water partition coefficient (Wildman–Crippen LogP) is 2.27. The molecule has 1 aromatic heterocycles. The second kappa shape index (κ2) is 11.3. The molecular weight excluding hydrogens is 490 g/mol. The van der Waals surface area contributed by atoms with Crippen LogP contribution in [0.1, 0.15) is 19.4 Å². The third kappa shape index (κ3) is 7.68. The van der Waals surface area contributed by atoms with Crippen molar-refractivity contribution >= 4 is 35.8 Å². The molecule has 0 unspecified atom stereocenters. The molecule has 0 radical (unpaired) electrons. The molecule has 11 heteroatoms. The van der Waals surface area contributed by atoms with Crippen molar-refractivity contribution in [2.45, 2.75) is 26.6 Å². The fourth-order valence-corrected chi connectivity index (χ4v) is 2.64. The Morgan fingerprint density at radius 2 is 1.93 bits per heavy atom. The number of amides is 1. The summed E-state index contributed by atoms with van der Waals surface area (Å²) in [6, 6.07) is 3.27. The highest BCUT2D eigenvalue weighted by molar-refractivity contribution is 14.0. The summed E-state index contributed by atoms with van der Waals surface area (Å²) in [4.78, 5) is 23.6. The van der Waals surface area contributed by atoms with Gasteiger partial charge in [0.1, 0.15) is 0 Å². The van der Waals surface area contributed by atoms with Crippen LogP contribution in [0.25, 0.3) is 0 Å². The number of halogens is 4. The summed E-state index contributed by atoms with van der Waals surface area (Å²) in [6.45, 7) is 5.34. The molecule has 1 aromatic rings. The lowest BCUT2D eigenvalue weighted by Gasteiger charge is -2.36. The standard InChI is InChI=1S/C17H24F3N5O2.HI/c1-3-21-16(25-9-7-24(8-10-25)13(2)26)23-11-14-5-4-6-22-15(14)27-12-17(18,19)20;/h4-6H,3,7-12H2,1-2H3,(H,21,23);1H. The maximum atomic E-state index is 12.4. The van der Waals surface area contributed by atoms with E-state index in [2.05, 4.69) is 15.3 Å². The first-order valence-electron chi connectivity index (χ1n) is 8.72. The minimum absolute atomic E-state index is 0. The number of rotatable bonds is 5. The molecule has 0 aliphatic carbocycles. The van der Waals surface area contributed by atoms with Crippen LogP contribution >= 0.6 is 24.0 Å². The van der Waals surface area contributed by atoms with E-state index in [0.29, 0.717) is 44.2 Å². The number of alkyl halides is 3. The molecule has 2 rings (SSSR count). The summed E-state index contributed by atoms with van der Waals surface area (Å²) >= 11 is 0. The Morgan fingerprint density at radius 3 is 2.50 bits per heavy atom. The van der Waals surface area contributed by atoms with Gasteiger partial charge in [-0.2, -0.15) is 13.2 Å². The van der Waals surface area contributed by atoms with Crippen molar-refractivity contribution in [1.82, 2.24) is 20.1 Å². The van der Waals surface area contributed by atoms with Gasteiger partial charge in [-0.15, -0.1) is 24.0 Å². The second-order valence-corrected chi connectivity index (χ2v) is 6.03. The maximum Gasteiger partial charge on any atom is 0.422 e. The maximum absolute atomic E-state index is 12.4. The van der Waals surface area contributed by atoms with Gasteiger partial charge in [0.05, 0.1) is 6.54 Å². The quantitative estimate of drug-likeness (QED) is 0.371. The molecule has 0 atom stereocenters. The molecule has 0 bridgehead atoms. The molecule has 1 N–H and O–H groups in total. The molecule has 158 valence electrons. The smallest absolute Gasteiger partial charge is 0.422 e. The van der Waals surface area contributed by atoms with Gasteiger partial charge in [-0.25, -0.2) is 9.98 Å². The van der Waals surface area contributed by atoms with Gasteiger partial charge in [0.2, 0.25) is 11.8 Å². The zero-order chi connectivity index (χ0) is 19.9. The normalized spacial score (nSPS) is 15.1. The van der Waals surface area contributed by atoms with Gasteiger partial charge in [-0.3, -0.25) is 4.79 Å². The summed E-state index contributed by atoms with van der Waals surface area (Å²) in [5.74, 6) is 0.612. The van der Waals surface area contributed by atoms with E-state index in [0.717, 1.165) is 0 Å². The summed E-state index contributed by atoms with van der Waals surface area (Å²) in [5.41, 5.74) is 0.472. The molecule has 1 saturated heterocycles. The lowest BCUT2D eigenvalue weighted by molar-refractivity contribution is -0.154. The van der Waals surface area contributed by atoms with Crippen LogP contribution in [0.15, 0.2) is 23.3 Å². The number of pyridine rings is 1. The van der Waals surface area contributed by atoms with Crippen LogP contribution < -0.4 is 10.1 Å². The second-order valence-electron chi connectivity index (χ2n) is 6.03. The van der Waals surface area contributed by atoms with Crippen LogP contribution in [-0.4, -0.2) is 72.2 Å². The summed E-state index contributed by atoms with van der Waals surface area (Å²) < 4.78 is 42.0. The number of ether oxygens (including phenoxy) is 1. The zero-order valence-corrected chi connectivity index (χ0v) is 18.2. The number of piperazine rings is 1. The highest BCUT2D eigenvalue weighted by Crippen LogP contribution is 2.20. The van der Waals surface area contributed by atoms with Crippen molar-refractivity contribution in [3.8, 4) is 5.88 Å². The lowest BCUT2D eigenvalue weighted by atomic mass is 10.2. The van der Waals surface area contributed by atoms with Crippen LogP contribution in [-0.2, 0) is 11.3 Å². The zero-order valence-electron chi connectivity index (χ0n) is 15.8. The minimum Gasteiger partial charge on any atom is -0.468 e. The number of guanidine groups is 1. The molecule has 1 amide bonds. The monoisotopic (exact) mass is 515 g/mol. The SMILES string of the molecule is CCNC(=NCc1cccnc1OCC(F)(F)F)N1CCN(C(C)=O)CC1.I. The van der Waals surface area contributed by atoms with Crippen molar-refractivity contribution in [3.05, 3.63) is 23.9 Å². The van der Waals surface area contributed by atoms with E-state index in [4.69, 9.17) is 4.74 Å². The molecule has 0 saturated carbocycles. The van der Waals surface area contributed by atoms with Crippen molar-refractivity contribution in [2.75, 3.05) is 39.3 Å². The number of nitrogens with one attached hydrogen (secondary N) is 1. The average Bonchev–Trinajstić information content (AvgIpc) is 2.63. The van der Waals surface area contributed by atoms with Crippen molar-refractivity contribution < 1.29 is 22.7 Å². The van der Waals surface area contributed by atoms with E-state index in [-0.39, 0.29) is 42.3 Å². The topological polar surface area (TPSA) is 70.1 Å². The summed E-state index contributed by atoms with van der Waals surface area (Å²) in [5, 5.41) is 3.17. The first kappa shape index (κ1) is 24.2. The van der Waals surface area contributed by atoms with Gasteiger partial charge in [-0.1, -0.05) is 6.07 Å². The number of carbonyl (C=O) groups is 1. The largest absolute Gasteiger partial charge is 0.468 e. The van der Waals surface area contributed by atoms with Crippen LogP contribution in [0.3, 0.4) is 0 Å². The van der Waals surface area contributed by atoms with E-state index in [9.17, 15) is 18.0 Å². The lowest BCUT2D eigenvalue weighted by Crippen LogP contribution is -2.53. The van der Waals surface area contributed by atoms with E-state index in [1.165, 1.54) is 6.20 Å². The Morgan fingerprint density at radius 1 is 1.29 bits per heavy atom.